The zero-order valence-electron chi connectivity index (χ0n) is 17.4. The first-order chi connectivity index (χ1) is 12.7. The maximum atomic E-state index is 10.4. The highest BCUT2D eigenvalue weighted by Gasteiger charge is 1.97. The molecule has 0 radical (unpaired) electrons. The molecule has 0 unspecified atom stereocenters. The van der Waals surface area contributed by atoms with E-state index in [9.17, 15) is 4.79 Å². The Morgan fingerprint density at radius 2 is 0.808 bits per heavy atom. The predicted octanol–water partition coefficient (Wildman–Crippen LogP) is 6.08. The molecule has 0 aliphatic carbocycles. The molecular weight excluding hydrogens is 328 g/mol. The van der Waals surface area contributed by atoms with E-state index in [0.29, 0.717) is 6.42 Å². The number of rotatable bonds is 19. The highest BCUT2D eigenvalue weighted by molar-refractivity contribution is 5.66. The van der Waals surface area contributed by atoms with Gasteiger partial charge >= 0.3 is 5.97 Å². The summed E-state index contributed by atoms with van der Waals surface area (Å²) in [7, 11) is 0. The fraction of sp³-hybridized carbons (Fsp3) is 0.955. The standard InChI is InChI=1S/C20H40O2.C2H6O2/c1-2-3-4-5-6-7-8-9-10-11-12-13-14-15-16-17-18-19-20(21)22;3-1-2-4/h2-19H2,1H3,(H,21,22);3-4H,1-2H2. The van der Waals surface area contributed by atoms with Gasteiger partial charge in [0.15, 0.2) is 0 Å². The van der Waals surface area contributed by atoms with Crippen molar-refractivity contribution in [3.05, 3.63) is 0 Å². The van der Waals surface area contributed by atoms with E-state index in [1.165, 1.54) is 96.3 Å². The number of carbonyl (C=O) groups is 1. The molecule has 158 valence electrons. The molecule has 0 aliphatic rings. The van der Waals surface area contributed by atoms with Gasteiger partial charge in [0, 0.05) is 6.42 Å². The number of aliphatic hydroxyl groups excluding tert-OH is 2. The van der Waals surface area contributed by atoms with Crippen LogP contribution in [-0.2, 0) is 4.79 Å². The average Bonchev–Trinajstić information content (AvgIpc) is 2.64. The first kappa shape index (κ1) is 27.6. The number of aliphatic hydroxyl groups is 2. The highest BCUT2D eigenvalue weighted by atomic mass is 16.4. The molecule has 4 heteroatoms. The van der Waals surface area contributed by atoms with Crippen molar-refractivity contribution in [2.45, 2.75) is 122 Å². The van der Waals surface area contributed by atoms with Crippen LogP contribution in [0.25, 0.3) is 0 Å². The molecule has 3 N–H and O–H groups in total. The summed E-state index contributed by atoms with van der Waals surface area (Å²) in [6.07, 6.45) is 23.1. The molecule has 0 aliphatic heterocycles. The average molecular weight is 375 g/mol. The van der Waals surface area contributed by atoms with Crippen molar-refractivity contribution in [1.82, 2.24) is 0 Å². The van der Waals surface area contributed by atoms with Crippen molar-refractivity contribution < 1.29 is 20.1 Å². The van der Waals surface area contributed by atoms with Gasteiger partial charge in [-0.15, -0.1) is 0 Å². The molecule has 0 saturated carbocycles. The molecular formula is C22H46O4. The second-order valence-corrected chi connectivity index (χ2v) is 7.25. The molecule has 0 bridgehead atoms. The normalized spacial score (nSPS) is 10.4. The third kappa shape index (κ3) is 31.2. The summed E-state index contributed by atoms with van der Waals surface area (Å²) in [5.41, 5.74) is 0. The Kier molecular flexibility index (Phi) is 28.3. The van der Waals surface area contributed by atoms with Crippen LogP contribution in [0.1, 0.15) is 122 Å². The lowest BCUT2D eigenvalue weighted by atomic mass is 10.0. The van der Waals surface area contributed by atoms with Crippen molar-refractivity contribution in [2.24, 2.45) is 0 Å². The van der Waals surface area contributed by atoms with E-state index >= 15 is 0 Å². The summed E-state index contributed by atoms with van der Waals surface area (Å²) >= 11 is 0. The van der Waals surface area contributed by atoms with Crippen LogP contribution in [0.4, 0.5) is 0 Å². The smallest absolute Gasteiger partial charge is 0.303 e. The summed E-state index contributed by atoms with van der Waals surface area (Å²) < 4.78 is 0. The Bertz CT molecular complexity index is 255. The second kappa shape index (κ2) is 26.6. The minimum Gasteiger partial charge on any atom is -0.481 e. The van der Waals surface area contributed by atoms with Crippen molar-refractivity contribution in [1.29, 1.82) is 0 Å². The third-order valence-electron chi connectivity index (χ3n) is 4.59. The quantitative estimate of drug-likeness (QED) is 0.239. The lowest BCUT2D eigenvalue weighted by Gasteiger charge is -2.03. The van der Waals surface area contributed by atoms with Crippen molar-refractivity contribution in [3.8, 4) is 0 Å². The Hall–Kier alpha value is -0.610. The Morgan fingerprint density at radius 3 is 1.04 bits per heavy atom. The lowest BCUT2D eigenvalue weighted by Crippen LogP contribution is -1.93. The van der Waals surface area contributed by atoms with Gasteiger partial charge in [-0.2, -0.15) is 0 Å². The number of unbranched alkanes of at least 4 members (excludes halogenated alkanes) is 16. The van der Waals surface area contributed by atoms with E-state index in [1.54, 1.807) is 0 Å². The van der Waals surface area contributed by atoms with Crippen LogP contribution in [0.15, 0.2) is 0 Å². The zero-order valence-corrected chi connectivity index (χ0v) is 17.4. The van der Waals surface area contributed by atoms with E-state index in [0.717, 1.165) is 12.8 Å². The van der Waals surface area contributed by atoms with Gasteiger partial charge in [-0.1, -0.05) is 110 Å². The highest BCUT2D eigenvalue weighted by Crippen LogP contribution is 2.14. The molecule has 0 rings (SSSR count). The maximum absolute atomic E-state index is 10.4. The van der Waals surface area contributed by atoms with Gasteiger partial charge in [-0.25, -0.2) is 0 Å². The van der Waals surface area contributed by atoms with Gasteiger partial charge in [0.05, 0.1) is 13.2 Å². The van der Waals surface area contributed by atoms with E-state index < -0.39 is 5.97 Å². The van der Waals surface area contributed by atoms with Gasteiger partial charge in [0.2, 0.25) is 0 Å². The Labute approximate surface area is 162 Å². The molecule has 0 fully saturated rings. The number of hydrogen-bond acceptors (Lipinski definition) is 3. The fourth-order valence-corrected chi connectivity index (χ4v) is 3.00. The summed E-state index contributed by atoms with van der Waals surface area (Å²) in [5, 5.41) is 23.8. The van der Waals surface area contributed by atoms with E-state index in [2.05, 4.69) is 6.92 Å². The Balaban J connectivity index is 0. The Morgan fingerprint density at radius 1 is 0.538 bits per heavy atom. The van der Waals surface area contributed by atoms with Crippen LogP contribution in [-0.4, -0.2) is 34.5 Å². The topological polar surface area (TPSA) is 77.8 Å². The largest absolute Gasteiger partial charge is 0.481 e. The van der Waals surface area contributed by atoms with Crippen LogP contribution in [0.2, 0.25) is 0 Å². The van der Waals surface area contributed by atoms with Gasteiger partial charge < -0.3 is 15.3 Å². The fourth-order valence-electron chi connectivity index (χ4n) is 3.00. The minimum atomic E-state index is -0.652. The lowest BCUT2D eigenvalue weighted by molar-refractivity contribution is -0.137. The summed E-state index contributed by atoms with van der Waals surface area (Å²) in [5.74, 6) is -0.652. The van der Waals surface area contributed by atoms with Crippen molar-refractivity contribution >= 4 is 5.97 Å². The van der Waals surface area contributed by atoms with E-state index in [1.807, 2.05) is 0 Å². The molecule has 0 amide bonds. The van der Waals surface area contributed by atoms with Crippen LogP contribution in [0.3, 0.4) is 0 Å². The number of carboxylic acid groups (broad SMARTS) is 1. The summed E-state index contributed by atoms with van der Waals surface area (Å²) in [4.78, 5) is 10.4. The number of carboxylic acids is 1. The van der Waals surface area contributed by atoms with Crippen LogP contribution < -0.4 is 0 Å². The van der Waals surface area contributed by atoms with Crippen LogP contribution in [0.5, 0.6) is 0 Å². The SMILES string of the molecule is CCCCCCCCCCCCCCCCCCCC(=O)O.OCCO. The molecule has 0 saturated heterocycles. The minimum absolute atomic E-state index is 0.125. The van der Waals surface area contributed by atoms with Crippen LogP contribution >= 0.6 is 0 Å². The van der Waals surface area contributed by atoms with Gasteiger partial charge in [0.1, 0.15) is 0 Å². The molecule has 4 nitrogen and oxygen atoms in total. The third-order valence-corrected chi connectivity index (χ3v) is 4.59. The molecule has 0 aromatic rings. The van der Waals surface area contributed by atoms with Crippen molar-refractivity contribution in [2.75, 3.05) is 13.2 Å². The van der Waals surface area contributed by atoms with Gasteiger partial charge in [-0.05, 0) is 6.42 Å². The first-order valence-electron chi connectivity index (χ1n) is 11.1. The first-order valence-corrected chi connectivity index (χ1v) is 11.1. The second-order valence-electron chi connectivity index (χ2n) is 7.25. The summed E-state index contributed by atoms with van der Waals surface area (Å²) in [6, 6.07) is 0. The monoisotopic (exact) mass is 374 g/mol. The molecule has 26 heavy (non-hydrogen) atoms. The molecule has 0 atom stereocenters. The molecule has 0 aromatic heterocycles. The molecule has 0 aromatic carbocycles. The maximum Gasteiger partial charge on any atom is 0.303 e. The molecule has 0 spiro atoms. The van der Waals surface area contributed by atoms with E-state index in [-0.39, 0.29) is 13.2 Å². The summed E-state index contributed by atoms with van der Waals surface area (Å²) in [6.45, 7) is 2.03. The number of aliphatic carboxylic acids is 1. The van der Waals surface area contributed by atoms with Gasteiger partial charge in [-0.3, -0.25) is 4.79 Å². The van der Waals surface area contributed by atoms with Crippen molar-refractivity contribution in [3.63, 3.8) is 0 Å². The van der Waals surface area contributed by atoms with E-state index in [4.69, 9.17) is 15.3 Å². The zero-order chi connectivity index (χ0) is 19.7. The van der Waals surface area contributed by atoms with Crippen LogP contribution in [0, 0.1) is 0 Å². The number of hydrogen-bond donors (Lipinski definition) is 3. The van der Waals surface area contributed by atoms with Gasteiger partial charge in [0.25, 0.3) is 0 Å². The predicted molar refractivity (Wildman–Crippen MR) is 111 cm³/mol. The molecule has 0 heterocycles.